The summed E-state index contributed by atoms with van der Waals surface area (Å²) in [4.78, 5) is 16.7. The molecule has 1 aliphatic rings. The van der Waals surface area contributed by atoms with E-state index in [2.05, 4.69) is 18.0 Å². The molecule has 8 nitrogen and oxygen atoms in total. The fraction of sp³-hybridized carbons (Fsp3) is 0.455. The van der Waals surface area contributed by atoms with E-state index in [9.17, 15) is 13.2 Å². The summed E-state index contributed by atoms with van der Waals surface area (Å²) in [5.41, 5.74) is 3.72. The largest absolute Gasteiger partial charge is 0.494 e. The number of benzene rings is 1. The van der Waals surface area contributed by atoms with Crippen LogP contribution in [0.25, 0.3) is 0 Å². The SMILES string of the molecule is CCc1ccc(CCCOc2ccc(S(=O)(=O)C3(C(=O)NO)CCOCC3)cc2)cn1.Cl. The fourth-order valence-electron chi connectivity index (χ4n) is 3.64. The van der Waals surface area contributed by atoms with Gasteiger partial charge in [-0.2, -0.15) is 0 Å². The summed E-state index contributed by atoms with van der Waals surface area (Å²) in [6, 6.07) is 10.1. The van der Waals surface area contributed by atoms with Crippen LogP contribution in [0, 0.1) is 0 Å². The maximum atomic E-state index is 13.2. The van der Waals surface area contributed by atoms with E-state index in [0.717, 1.165) is 30.5 Å². The number of hydroxylamine groups is 1. The Morgan fingerprint density at radius 3 is 2.44 bits per heavy atom. The lowest BCUT2D eigenvalue weighted by atomic mass is 9.98. The lowest BCUT2D eigenvalue weighted by Gasteiger charge is -2.34. The molecule has 0 saturated carbocycles. The third kappa shape index (κ3) is 5.58. The van der Waals surface area contributed by atoms with Crippen molar-refractivity contribution in [3.63, 3.8) is 0 Å². The van der Waals surface area contributed by atoms with Crippen molar-refractivity contribution in [2.45, 2.75) is 48.7 Å². The minimum absolute atomic E-state index is 0. The Bertz CT molecular complexity index is 974. The number of pyridine rings is 1. The van der Waals surface area contributed by atoms with Gasteiger partial charge in [-0.15, -0.1) is 12.4 Å². The summed E-state index contributed by atoms with van der Waals surface area (Å²) in [5.74, 6) is -0.386. The molecule has 3 rings (SSSR count). The number of amides is 1. The molecule has 0 atom stereocenters. The van der Waals surface area contributed by atoms with Crippen LogP contribution in [-0.4, -0.2) is 49.1 Å². The van der Waals surface area contributed by atoms with Crippen molar-refractivity contribution in [2.75, 3.05) is 19.8 Å². The first-order valence-electron chi connectivity index (χ1n) is 10.4. The van der Waals surface area contributed by atoms with E-state index in [0.29, 0.717) is 12.4 Å². The van der Waals surface area contributed by atoms with Crippen LogP contribution in [0.3, 0.4) is 0 Å². The van der Waals surface area contributed by atoms with Crippen molar-refractivity contribution in [1.29, 1.82) is 0 Å². The Kier molecular flexibility index (Phi) is 9.45. The fourth-order valence-corrected chi connectivity index (χ4v) is 5.58. The number of nitrogens with zero attached hydrogens (tertiary/aromatic N) is 1. The van der Waals surface area contributed by atoms with E-state index in [4.69, 9.17) is 14.7 Å². The number of rotatable bonds is 9. The molecule has 0 aliphatic carbocycles. The number of sulfone groups is 1. The van der Waals surface area contributed by atoms with Gasteiger partial charge in [-0.1, -0.05) is 13.0 Å². The lowest BCUT2D eigenvalue weighted by Crippen LogP contribution is -2.54. The van der Waals surface area contributed by atoms with Gasteiger partial charge in [-0.3, -0.25) is 15.0 Å². The Hall–Kier alpha value is -2.20. The summed E-state index contributed by atoms with van der Waals surface area (Å²) in [5, 5.41) is 9.11. The molecule has 1 fully saturated rings. The highest BCUT2D eigenvalue weighted by Crippen LogP contribution is 2.35. The minimum atomic E-state index is -4.03. The van der Waals surface area contributed by atoms with Crippen LogP contribution in [0.2, 0.25) is 0 Å². The second-order valence-corrected chi connectivity index (χ2v) is 9.75. The van der Waals surface area contributed by atoms with Gasteiger partial charge in [-0.05, 0) is 68.0 Å². The zero-order chi connectivity index (χ0) is 22.3. The molecule has 2 heterocycles. The highest BCUT2D eigenvalue weighted by Gasteiger charge is 2.52. The molecule has 0 bridgehead atoms. The first-order valence-corrected chi connectivity index (χ1v) is 11.8. The van der Waals surface area contributed by atoms with Crippen LogP contribution in [0.1, 0.15) is 37.4 Å². The third-order valence-corrected chi connectivity index (χ3v) is 8.11. The third-order valence-electron chi connectivity index (χ3n) is 5.59. The molecule has 0 radical (unpaired) electrons. The summed E-state index contributed by atoms with van der Waals surface area (Å²) >= 11 is 0. The number of hydrogen-bond acceptors (Lipinski definition) is 7. The molecule has 1 amide bonds. The van der Waals surface area contributed by atoms with Crippen molar-refractivity contribution in [1.82, 2.24) is 10.5 Å². The summed E-state index contributed by atoms with van der Waals surface area (Å²) in [6.07, 6.45) is 4.39. The number of ether oxygens (including phenoxy) is 2. The van der Waals surface area contributed by atoms with Gasteiger partial charge < -0.3 is 9.47 Å². The van der Waals surface area contributed by atoms with Crippen molar-refractivity contribution >= 4 is 28.2 Å². The van der Waals surface area contributed by atoms with Gasteiger partial charge in [-0.25, -0.2) is 13.9 Å². The second kappa shape index (κ2) is 11.6. The predicted molar refractivity (Wildman–Crippen MR) is 121 cm³/mol. The van der Waals surface area contributed by atoms with Gasteiger partial charge in [0.05, 0.1) is 11.5 Å². The maximum absolute atomic E-state index is 13.2. The lowest BCUT2D eigenvalue weighted by molar-refractivity contribution is -0.134. The summed E-state index contributed by atoms with van der Waals surface area (Å²) in [7, 11) is -4.03. The Morgan fingerprint density at radius 1 is 1.19 bits per heavy atom. The molecule has 2 aromatic rings. The number of hydrogen-bond donors (Lipinski definition) is 2. The van der Waals surface area contributed by atoms with Crippen LogP contribution >= 0.6 is 12.4 Å². The summed E-state index contributed by atoms with van der Waals surface area (Å²) < 4.78 is 35.6. The number of nitrogens with one attached hydrogen (secondary N) is 1. The molecule has 1 aromatic carbocycles. The van der Waals surface area contributed by atoms with Crippen LogP contribution in [-0.2, 0) is 32.2 Å². The molecule has 2 N–H and O–H groups in total. The monoisotopic (exact) mass is 484 g/mol. The first kappa shape index (κ1) is 26.1. The molecule has 1 aliphatic heterocycles. The zero-order valence-electron chi connectivity index (χ0n) is 18.0. The second-order valence-electron chi connectivity index (χ2n) is 7.49. The molecule has 176 valence electrons. The number of aromatic nitrogens is 1. The number of aryl methyl sites for hydroxylation is 2. The number of halogens is 1. The zero-order valence-corrected chi connectivity index (χ0v) is 19.6. The average molecular weight is 485 g/mol. The molecule has 1 aromatic heterocycles. The molecule has 0 unspecified atom stereocenters. The molecule has 0 spiro atoms. The van der Waals surface area contributed by atoms with Gasteiger partial charge in [0.2, 0.25) is 0 Å². The highest BCUT2D eigenvalue weighted by atomic mass is 35.5. The van der Waals surface area contributed by atoms with E-state index in [-0.39, 0.29) is 43.4 Å². The van der Waals surface area contributed by atoms with Gasteiger partial charge >= 0.3 is 0 Å². The van der Waals surface area contributed by atoms with Crippen LogP contribution in [0.4, 0.5) is 0 Å². The van der Waals surface area contributed by atoms with Crippen LogP contribution < -0.4 is 10.2 Å². The minimum Gasteiger partial charge on any atom is -0.494 e. The van der Waals surface area contributed by atoms with Crippen molar-refractivity contribution in [2.24, 2.45) is 0 Å². The van der Waals surface area contributed by atoms with E-state index in [1.165, 1.54) is 17.6 Å². The van der Waals surface area contributed by atoms with Gasteiger partial charge in [0, 0.05) is 25.1 Å². The standard InChI is InChI=1S/C22H28N2O6S.ClH/c1-2-18-6-5-17(16-23-18)4-3-13-30-19-7-9-20(10-8-19)31(27,28)22(21(25)24-26)11-14-29-15-12-22;/h5-10,16,26H,2-4,11-15H2,1H3,(H,24,25);1H. The van der Waals surface area contributed by atoms with Gasteiger partial charge in [0.15, 0.2) is 14.6 Å². The van der Waals surface area contributed by atoms with Gasteiger partial charge in [0.25, 0.3) is 5.91 Å². The average Bonchev–Trinajstić information content (AvgIpc) is 2.82. The molecule has 1 saturated heterocycles. The molecular formula is C22H29ClN2O6S. The van der Waals surface area contributed by atoms with Gasteiger partial charge in [0.1, 0.15) is 5.75 Å². The topological polar surface area (TPSA) is 115 Å². The normalized spacial score (nSPS) is 15.4. The first-order chi connectivity index (χ1) is 14.9. The van der Waals surface area contributed by atoms with E-state index in [1.807, 2.05) is 12.3 Å². The van der Waals surface area contributed by atoms with Crippen LogP contribution in [0.5, 0.6) is 5.75 Å². The molecule has 10 heteroatoms. The van der Waals surface area contributed by atoms with Crippen molar-refractivity contribution in [3.8, 4) is 5.75 Å². The van der Waals surface area contributed by atoms with E-state index >= 15 is 0 Å². The molecular weight excluding hydrogens is 456 g/mol. The van der Waals surface area contributed by atoms with Crippen molar-refractivity contribution in [3.05, 3.63) is 53.9 Å². The summed E-state index contributed by atoms with van der Waals surface area (Å²) in [6.45, 7) is 2.81. The van der Waals surface area contributed by atoms with Crippen molar-refractivity contribution < 1.29 is 27.9 Å². The Balaban J connectivity index is 0.00000363. The number of carbonyl (C=O) groups excluding carboxylic acids is 1. The smallest absolute Gasteiger partial charge is 0.265 e. The quantitative estimate of drug-likeness (QED) is 0.319. The number of carbonyl (C=O) groups is 1. The predicted octanol–water partition coefficient (Wildman–Crippen LogP) is 2.91. The van der Waals surface area contributed by atoms with E-state index in [1.54, 1.807) is 12.1 Å². The Morgan fingerprint density at radius 2 is 1.88 bits per heavy atom. The Labute approximate surface area is 194 Å². The highest BCUT2D eigenvalue weighted by molar-refractivity contribution is 7.93. The van der Waals surface area contributed by atoms with Crippen LogP contribution in [0.15, 0.2) is 47.5 Å². The molecule has 32 heavy (non-hydrogen) atoms. The maximum Gasteiger partial charge on any atom is 0.265 e. The van der Waals surface area contributed by atoms with E-state index < -0.39 is 20.5 Å².